The second-order valence-electron chi connectivity index (χ2n) is 5.48. The molecule has 1 heterocycles. The first-order valence-electron chi connectivity index (χ1n) is 6.63. The fraction of sp³-hybridized carbons (Fsp3) is 0.846. The van der Waals surface area contributed by atoms with Gasteiger partial charge in [0.1, 0.15) is 0 Å². The van der Waals surface area contributed by atoms with Crippen LogP contribution < -0.4 is 5.32 Å². The molecule has 0 aromatic rings. The van der Waals surface area contributed by atoms with Crippen molar-refractivity contribution in [3.8, 4) is 0 Å². The Hall–Kier alpha value is -1.06. The van der Waals surface area contributed by atoms with Crippen LogP contribution in [0.2, 0.25) is 0 Å². The van der Waals surface area contributed by atoms with Crippen molar-refractivity contribution in [1.29, 1.82) is 0 Å². The lowest BCUT2D eigenvalue weighted by Gasteiger charge is -2.37. The van der Waals surface area contributed by atoms with E-state index in [1.54, 1.807) is 0 Å². The van der Waals surface area contributed by atoms with Crippen LogP contribution in [0.3, 0.4) is 0 Å². The lowest BCUT2D eigenvalue weighted by atomic mass is 9.84. The average Bonchev–Trinajstić information content (AvgIpc) is 2.75. The van der Waals surface area contributed by atoms with E-state index in [1.807, 2.05) is 11.9 Å². The maximum absolute atomic E-state index is 12.3. The van der Waals surface area contributed by atoms with Gasteiger partial charge in [0.05, 0.1) is 5.92 Å². The maximum Gasteiger partial charge on any atom is 0.227 e. The zero-order valence-corrected chi connectivity index (χ0v) is 10.7. The number of amides is 2. The molecule has 17 heavy (non-hydrogen) atoms. The maximum atomic E-state index is 12.3. The number of hydrogen-bond acceptors (Lipinski definition) is 2. The van der Waals surface area contributed by atoms with E-state index in [2.05, 4.69) is 12.2 Å². The van der Waals surface area contributed by atoms with Crippen LogP contribution in [0.25, 0.3) is 0 Å². The van der Waals surface area contributed by atoms with E-state index < -0.39 is 0 Å². The molecule has 1 saturated heterocycles. The molecule has 3 atom stereocenters. The molecule has 0 bridgehead atoms. The summed E-state index contributed by atoms with van der Waals surface area (Å²) in [6.07, 6.45) is 5.18. The summed E-state index contributed by atoms with van der Waals surface area (Å²) < 4.78 is 0. The molecule has 96 valence electrons. The highest BCUT2D eigenvalue weighted by molar-refractivity contribution is 5.89. The number of nitrogens with one attached hydrogen (secondary N) is 1. The van der Waals surface area contributed by atoms with E-state index >= 15 is 0 Å². The van der Waals surface area contributed by atoms with Gasteiger partial charge in [-0.3, -0.25) is 9.59 Å². The molecule has 4 nitrogen and oxygen atoms in total. The zero-order valence-electron chi connectivity index (χ0n) is 10.7. The Morgan fingerprint density at radius 2 is 2.06 bits per heavy atom. The molecule has 2 aliphatic rings. The minimum atomic E-state index is -0.137. The lowest BCUT2D eigenvalue weighted by molar-refractivity contribution is -0.138. The number of carbonyl (C=O) groups is 2. The lowest BCUT2D eigenvalue weighted by Crippen LogP contribution is -2.45. The van der Waals surface area contributed by atoms with E-state index in [-0.39, 0.29) is 17.7 Å². The van der Waals surface area contributed by atoms with Crippen molar-refractivity contribution in [2.45, 2.75) is 45.1 Å². The molecule has 3 unspecified atom stereocenters. The molecular formula is C13H22N2O2. The topological polar surface area (TPSA) is 49.4 Å². The normalized spacial score (nSPS) is 33.3. The SMILES string of the molecule is CC1CCCCC1N(C)C(=O)C1CNC(=O)C1. The highest BCUT2D eigenvalue weighted by Crippen LogP contribution is 2.28. The van der Waals surface area contributed by atoms with Crippen molar-refractivity contribution in [2.24, 2.45) is 11.8 Å². The summed E-state index contributed by atoms with van der Waals surface area (Å²) in [6.45, 7) is 2.74. The monoisotopic (exact) mass is 238 g/mol. The summed E-state index contributed by atoms with van der Waals surface area (Å²) in [7, 11) is 1.90. The summed E-state index contributed by atoms with van der Waals surface area (Å²) in [4.78, 5) is 25.3. The van der Waals surface area contributed by atoms with E-state index in [9.17, 15) is 9.59 Å². The third kappa shape index (κ3) is 2.61. The largest absolute Gasteiger partial charge is 0.355 e. The third-order valence-corrected chi connectivity index (χ3v) is 4.24. The van der Waals surface area contributed by atoms with Gasteiger partial charge in [-0.25, -0.2) is 0 Å². The van der Waals surface area contributed by atoms with Crippen LogP contribution in [0.5, 0.6) is 0 Å². The highest BCUT2D eigenvalue weighted by Gasteiger charge is 2.34. The van der Waals surface area contributed by atoms with Crippen molar-refractivity contribution in [3.63, 3.8) is 0 Å². The first-order chi connectivity index (χ1) is 8.09. The Kier molecular flexibility index (Phi) is 3.69. The van der Waals surface area contributed by atoms with E-state index in [0.29, 0.717) is 24.9 Å². The van der Waals surface area contributed by atoms with Crippen molar-refractivity contribution in [1.82, 2.24) is 10.2 Å². The van der Waals surface area contributed by atoms with Gasteiger partial charge in [-0.2, -0.15) is 0 Å². The molecule has 1 aliphatic carbocycles. The third-order valence-electron chi connectivity index (χ3n) is 4.24. The zero-order chi connectivity index (χ0) is 12.4. The molecule has 0 aromatic heterocycles. The van der Waals surface area contributed by atoms with Gasteiger partial charge >= 0.3 is 0 Å². The van der Waals surface area contributed by atoms with Crippen LogP contribution >= 0.6 is 0 Å². The summed E-state index contributed by atoms with van der Waals surface area (Å²) in [5.41, 5.74) is 0. The molecule has 1 aliphatic heterocycles. The van der Waals surface area contributed by atoms with Gasteiger partial charge in [-0.15, -0.1) is 0 Å². The Balaban J connectivity index is 1.96. The molecule has 1 N–H and O–H groups in total. The molecule has 0 aromatic carbocycles. The minimum Gasteiger partial charge on any atom is -0.355 e. The van der Waals surface area contributed by atoms with Crippen molar-refractivity contribution in [2.75, 3.05) is 13.6 Å². The van der Waals surface area contributed by atoms with Crippen LogP contribution in [0.15, 0.2) is 0 Å². The molecule has 1 saturated carbocycles. The molecule has 0 spiro atoms. The van der Waals surface area contributed by atoms with Crippen LogP contribution in [-0.4, -0.2) is 36.3 Å². The summed E-state index contributed by atoms with van der Waals surface area (Å²) in [6, 6.07) is 0.368. The van der Waals surface area contributed by atoms with Gasteiger partial charge in [0.25, 0.3) is 0 Å². The molecule has 2 amide bonds. The van der Waals surface area contributed by atoms with Crippen LogP contribution in [-0.2, 0) is 9.59 Å². The predicted octanol–water partition coefficient (Wildman–Crippen LogP) is 1.16. The fourth-order valence-electron chi connectivity index (χ4n) is 3.10. The van der Waals surface area contributed by atoms with Crippen LogP contribution in [0.4, 0.5) is 0 Å². The number of rotatable bonds is 2. The van der Waals surface area contributed by atoms with E-state index in [1.165, 1.54) is 19.3 Å². The van der Waals surface area contributed by atoms with E-state index in [0.717, 1.165) is 6.42 Å². The average molecular weight is 238 g/mol. The predicted molar refractivity (Wildman–Crippen MR) is 65.3 cm³/mol. The van der Waals surface area contributed by atoms with Crippen molar-refractivity contribution in [3.05, 3.63) is 0 Å². The van der Waals surface area contributed by atoms with Gasteiger partial charge in [0, 0.05) is 26.1 Å². The summed E-state index contributed by atoms with van der Waals surface area (Å²) in [5.74, 6) is 0.597. The number of hydrogen-bond donors (Lipinski definition) is 1. The highest BCUT2D eigenvalue weighted by atomic mass is 16.2. The van der Waals surface area contributed by atoms with Gasteiger partial charge < -0.3 is 10.2 Å². The van der Waals surface area contributed by atoms with Crippen molar-refractivity contribution < 1.29 is 9.59 Å². The van der Waals surface area contributed by atoms with Crippen molar-refractivity contribution >= 4 is 11.8 Å². The quantitative estimate of drug-likeness (QED) is 0.785. The number of nitrogens with zero attached hydrogens (tertiary/aromatic N) is 1. The first kappa shape index (κ1) is 12.4. The number of carbonyl (C=O) groups excluding carboxylic acids is 2. The Labute approximate surface area is 103 Å². The van der Waals surface area contributed by atoms with Gasteiger partial charge in [0.15, 0.2) is 0 Å². The van der Waals surface area contributed by atoms with Gasteiger partial charge in [-0.1, -0.05) is 19.8 Å². The van der Waals surface area contributed by atoms with Gasteiger partial charge in [0.2, 0.25) is 11.8 Å². The second kappa shape index (κ2) is 5.07. The standard InChI is InChI=1S/C13H22N2O2/c1-9-5-3-4-6-11(9)15(2)13(17)10-7-12(16)14-8-10/h9-11H,3-8H2,1-2H3,(H,14,16). The van der Waals surface area contributed by atoms with Crippen LogP contribution in [0.1, 0.15) is 39.0 Å². The Morgan fingerprint density at radius 1 is 1.35 bits per heavy atom. The molecular weight excluding hydrogens is 216 g/mol. The summed E-state index contributed by atoms with van der Waals surface area (Å²) in [5, 5.41) is 2.73. The molecule has 0 radical (unpaired) electrons. The van der Waals surface area contributed by atoms with Crippen LogP contribution in [0, 0.1) is 11.8 Å². The smallest absolute Gasteiger partial charge is 0.227 e. The fourth-order valence-corrected chi connectivity index (χ4v) is 3.10. The van der Waals surface area contributed by atoms with Gasteiger partial charge in [-0.05, 0) is 18.8 Å². The first-order valence-corrected chi connectivity index (χ1v) is 6.63. The molecule has 2 fully saturated rings. The molecule has 4 heteroatoms. The minimum absolute atomic E-state index is 0.00782. The molecule has 2 rings (SSSR count). The Bertz CT molecular complexity index is 317. The Morgan fingerprint density at radius 3 is 2.65 bits per heavy atom. The van der Waals surface area contributed by atoms with E-state index in [4.69, 9.17) is 0 Å². The second-order valence-corrected chi connectivity index (χ2v) is 5.48. The summed E-state index contributed by atoms with van der Waals surface area (Å²) >= 11 is 0.